The van der Waals surface area contributed by atoms with E-state index in [0.29, 0.717) is 17.8 Å². The average Bonchev–Trinajstić information content (AvgIpc) is 2.96. The van der Waals surface area contributed by atoms with Crippen molar-refractivity contribution in [1.29, 1.82) is 0 Å². The quantitative estimate of drug-likeness (QED) is 0.770. The first-order valence-electron chi connectivity index (χ1n) is 9.89. The van der Waals surface area contributed by atoms with Crippen molar-refractivity contribution in [3.8, 4) is 0 Å². The van der Waals surface area contributed by atoms with Gasteiger partial charge in [-0.25, -0.2) is 0 Å². The van der Waals surface area contributed by atoms with Crippen LogP contribution in [0.25, 0.3) is 0 Å². The fourth-order valence-corrected chi connectivity index (χ4v) is 7.45. The monoisotopic (exact) mass is 358 g/mol. The molecule has 4 rings (SSSR count). The predicted molar refractivity (Wildman–Crippen MR) is 99.7 cm³/mol. The Balaban J connectivity index is 1.75. The number of carboxylic acids is 1. The van der Waals surface area contributed by atoms with Crippen molar-refractivity contribution in [1.82, 2.24) is 4.90 Å². The molecule has 7 atom stereocenters. The Morgan fingerprint density at radius 2 is 1.96 bits per heavy atom. The first-order valence-corrected chi connectivity index (χ1v) is 9.89. The Labute approximate surface area is 155 Å². The zero-order valence-electron chi connectivity index (χ0n) is 16.1. The largest absolute Gasteiger partial charge is 0.481 e. The second-order valence-corrected chi connectivity index (χ2v) is 9.42. The maximum Gasteiger partial charge on any atom is 0.307 e. The second-order valence-electron chi connectivity index (χ2n) is 9.42. The van der Waals surface area contributed by atoms with Gasteiger partial charge in [-0.05, 0) is 74.5 Å². The van der Waals surface area contributed by atoms with Crippen molar-refractivity contribution < 1.29 is 14.7 Å². The summed E-state index contributed by atoms with van der Waals surface area (Å²) in [6.07, 6.45) is 9.36. The van der Waals surface area contributed by atoms with Gasteiger partial charge in [-0.1, -0.05) is 19.9 Å². The number of nitrogens with zero attached hydrogens (tertiary/aromatic N) is 2. The Hall–Kier alpha value is -1.65. The highest BCUT2D eigenvalue weighted by atomic mass is 16.4. The van der Waals surface area contributed by atoms with Gasteiger partial charge in [0.2, 0.25) is 5.91 Å². The van der Waals surface area contributed by atoms with Gasteiger partial charge in [-0.2, -0.15) is 0 Å². The fourth-order valence-electron chi connectivity index (χ4n) is 7.45. The Kier molecular flexibility index (Phi) is 3.71. The van der Waals surface area contributed by atoms with Crippen LogP contribution in [0.4, 0.5) is 0 Å². The molecule has 0 aromatic carbocycles. The van der Waals surface area contributed by atoms with Crippen molar-refractivity contribution in [2.75, 3.05) is 7.05 Å². The van der Waals surface area contributed by atoms with Crippen molar-refractivity contribution in [3.05, 3.63) is 12.2 Å². The van der Waals surface area contributed by atoms with Gasteiger partial charge in [0.05, 0.1) is 5.92 Å². The van der Waals surface area contributed by atoms with E-state index in [0.717, 1.165) is 38.5 Å². The molecule has 4 aliphatic rings. The van der Waals surface area contributed by atoms with Gasteiger partial charge in [0.1, 0.15) is 5.66 Å². The Morgan fingerprint density at radius 3 is 2.62 bits per heavy atom. The van der Waals surface area contributed by atoms with Gasteiger partial charge in [-0.3, -0.25) is 14.6 Å². The molecule has 5 nitrogen and oxygen atoms in total. The second kappa shape index (κ2) is 5.43. The molecule has 1 amide bonds. The number of fused-ring (bicyclic) bond motifs is 5. The van der Waals surface area contributed by atoms with Crippen LogP contribution in [0, 0.1) is 34.5 Å². The zero-order chi connectivity index (χ0) is 18.9. The molecule has 3 aliphatic carbocycles. The van der Waals surface area contributed by atoms with Gasteiger partial charge < -0.3 is 10.0 Å². The molecule has 5 heteroatoms. The molecule has 26 heavy (non-hydrogen) atoms. The van der Waals surface area contributed by atoms with Crippen LogP contribution in [-0.2, 0) is 9.59 Å². The Bertz CT molecular complexity index is 703. The van der Waals surface area contributed by atoms with E-state index < -0.39 is 11.6 Å². The molecule has 1 aliphatic heterocycles. The van der Waals surface area contributed by atoms with Crippen LogP contribution in [0.15, 0.2) is 17.1 Å². The minimum Gasteiger partial charge on any atom is -0.481 e. The van der Waals surface area contributed by atoms with Crippen LogP contribution in [0.3, 0.4) is 0 Å². The van der Waals surface area contributed by atoms with Gasteiger partial charge in [0.15, 0.2) is 0 Å². The first kappa shape index (κ1) is 17.7. The number of amides is 1. The third kappa shape index (κ3) is 1.89. The van der Waals surface area contributed by atoms with E-state index >= 15 is 0 Å². The minimum atomic E-state index is -0.625. The van der Waals surface area contributed by atoms with Crippen molar-refractivity contribution in [2.24, 2.45) is 39.5 Å². The average molecular weight is 358 g/mol. The number of hydrogen-bond acceptors (Lipinski definition) is 3. The van der Waals surface area contributed by atoms with E-state index in [1.807, 2.05) is 7.05 Å². The van der Waals surface area contributed by atoms with Gasteiger partial charge in [0, 0.05) is 12.5 Å². The SMILES string of the molecule is C=N[C@@]12CCC3C4CCC(C(=O)O)C4(C)CCC3C1(C)C=CC(=O)N2C. The lowest BCUT2D eigenvalue weighted by Crippen LogP contribution is -2.67. The molecule has 1 heterocycles. The van der Waals surface area contributed by atoms with Crippen LogP contribution in [0.1, 0.15) is 52.4 Å². The van der Waals surface area contributed by atoms with Crippen LogP contribution >= 0.6 is 0 Å². The van der Waals surface area contributed by atoms with Crippen molar-refractivity contribution >= 4 is 18.6 Å². The third-order valence-corrected chi connectivity index (χ3v) is 8.91. The molecular formula is C21H30N2O3. The summed E-state index contributed by atoms with van der Waals surface area (Å²) in [4.78, 5) is 30.5. The normalized spacial score (nSPS) is 50.0. The van der Waals surface area contributed by atoms with E-state index in [1.54, 1.807) is 11.0 Å². The summed E-state index contributed by atoms with van der Waals surface area (Å²) in [7, 11) is 1.85. The standard InChI is InChI=1S/C21H30N2O3/c1-19-10-8-15-13(14(19)5-6-16(19)18(25)26)7-12-21(22-3)20(15,2)11-9-17(24)23(21)4/h9,11,13-16H,3,5-8,10,12H2,1-2,4H3,(H,25,26)/t13?,14?,15?,16?,19?,20?,21-/m1/s1. The lowest BCUT2D eigenvalue weighted by atomic mass is 9.46. The summed E-state index contributed by atoms with van der Waals surface area (Å²) in [5.74, 6) is 0.541. The van der Waals surface area contributed by atoms with Gasteiger partial charge >= 0.3 is 5.97 Å². The molecule has 0 saturated heterocycles. The maximum absolute atomic E-state index is 12.4. The van der Waals surface area contributed by atoms with E-state index in [-0.39, 0.29) is 22.7 Å². The molecule has 6 unspecified atom stereocenters. The van der Waals surface area contributed by atoms with Crippen molar-refractivity contribution in [3.63, 3.8) is 0 Å². The highest BCUT2D eigenvalue weighted by Gasteiger charge is 2.66. The van der Waals surface area contributed by atoms with E-state index in [4.69, 9.17) is 0 Å². The number of hydrogen-bond donors (Lipinski definition) is 1. The highest BCUT2D eigenvalue weighted by Crippen LogP contribution is 2.67. The third-order valence-electron chi connectivity index (χ3n) is 8.91. The van der Waals surface area contributed by atoms with Gasteiger partial charge in [-0.15, -0.1) is 0 Å². The summed E-state index contributed by atoms with van der Waals surface area (Å²) >= 11 is 0. The summed E-state index contributed by atoms with van der Waals surface area (Å²) in [5.41, 5.74) is -0.896. The van der Waals surface area contributed by atoms with E-state index in [2.05, 4.69) is 31.6 Å². The predicted octanol–water partition coefficient (Wildman–Crippen LogP) is 3.35. The molecule has 0 aromatic heterocycles. The smallest absolute Gasteiger partial charge is 0.307 e. The van der Waals surface area contributed by atoms with Crippen LogP contribution in [0.2, 0.25) is 0 Å². The summed E-state index contributed by atoms with van der Waals surface area (Å²) in [6.45, 7) is 8.34. The molecular weight excluding hydrogens is 328 g/mol. The topological polar surface area (TPSA) is 70.0 Å². The molecule has 0 aromatic rings. The number of carboxylic acid groups (broad SMARTS) is 1. The van der Waals surface area contributed by atoms with Crippen molar-refractivity contribution in [2.45, 2.75) is 58.0 Å². The summed E-state index contributed by atoms with van der Waals surface area (Å²) in [6, 6.07) is 0. The number of carbonyl (C=O) groups is 2. The lowest BCUT2D eigenvalue weighted by molar-refractivity contribution is -0.162. The minimum absolute atomic E-state index is 0.000723. The van der Waals surface area contributed by atoms with E-state index in [9.17, 15) is 14.7 Å². The molecule has 0 bridgehead atoms. The van der Waals surface area contributed by atoms with Crippen LogP contribution in [0.5, 0.6) is 0 Å². The molecule has 142 valence electrons. The van der Waals surface area contributed by atoms with Crippen LogP contribution < -0.4 is 0 Å². The summed E-state index contributed by atoms with van der Waals surface area (Å²) < 4.78 is 0. The maximum atomic E-state index is 12.4. The number of carbonyl (C=O) groups excluding carboxylic acids is 1. The number of aliphatic imine (C=N–C) groups is 1. The molecule has 0 radical (unpaired) electrons. The van der Waals surface area contributed by atoms with Gasteiger partial charge in [0.25, 0.3) is 0 Å². The molecule has 3 fully saturated rings. The lowest BCUT2D eigenvalue weighted by Gasteiger charge is -2.63. The highest BCUT2D eigenvalue weighted by molar-refractivity contribution is 5.89. The molecule has 1 N–H and O–H groups in total. The van der Waals surface area contributed by atoms with Crippen LogP contribution in [-0.4, -0.2) is 41.3 Å². The Morgan fingerprint density at radius 1 is 1.23 bits per heavy atom. The number of aliphatic carboxylic acids is 1. The first-order chi connectivity index (χ1) is 12.2. The van der Waals surface area contributed by atoms with E-state index in [1.165, 1.54) is 0 Å². The summed E-state index contributed by atoms with van der Waals surface area (Å²) in [5, 5.41) is 9.72. The number of rotatable bonds is 2. The number of likely N-dealkylation sites (N-methyl/N-ethyl adjacent to an activating group) is 1. The molecule has 0 spiro atoms. The fraction of sp³-hybridized carbons (Fsp3) is 0.762. The molecule has 3 saturated carbocycles. The zero-order valence-corrected chi connectivity index (χ0v) is 16.1.